The van der Waals surface area contributed by atoms with Gasteiger partial charge in [-0.25, -0.2) is 0 Å². The van der Waals surface area contributed by atoms with Crippen molar-refractivity contribution in [2.45, 2.75) is 58.4 Å². The van der Waals surface area contributed by atoms with Crippen LogP contribution in [-0.4, -0.2) is 54.6 Å². The summed E-state index contributed by atoms with van der Waals surface area (Å²) in [5, 5.41) is 0. The fraction of sp³-hybridized carbons (Fsp3) is 1.00. The molecule has 2 heterocycles. The van der Waals surface area contributed by atoms with Gasteiger partial charge in [0.1, 0.15) is 0 Å². The lowest BCUT2D eigenvalue weighted by molar-refractivity contribution is 0.00178. The molecule has 0 bridgehead atoms. The van der Waals surface area contributed by atoms with Crippen molar-refractivity contribution in [1.82, 2.24) is 9.80 Å². The lowest BCUT2D eigenvalue weighted by Crippen LogP contribution is -2.61. The lowest BCUT2D eigenvalue weighted by atomic mass is 9.82. The van der Waals surface area contributed by atoms with Crippen LogP contribution in [0.5, 0.6) is 0 Å². The Morgan fingerprint density at radius 1 is 1.10 bits per heavy atom. The zero-order chi connectivity index (χ0) is 14.6. The van der Waals surface area contributed by atoms with Gasteiger partial charge in [0.15, 0.2) is 0 Å². The SMILES string of the molecule is CCC1CCN(C2(CN)CCN(CC(C)C)CC2)CC1. The fourth-order valence-corrected chi connectivity index (χ4v) is 4.13. The molecule has 0 unspecified atom stereocenters. The number of hydrogen-bond acceptors (Lipinski definition) is 3. The largest absolute Gasteiger partial charge is 0.329 e. The summed E-state index contributed by atoms with van der Waals surface area (Å²) >= 11 is 0. The minimum absolute atomic E-state index is 0.312. The Bertz CT molecular complexity index is 274. The molecule has 0 atom stereocenters. The van der Waals surface area contributed by atoms with Crippen molar-refractivity contribution >= 4 is 0 Å². The van der Waals surface area contributed by atoms with E-state index < -0.39 is 0 Å². The number of rotatable bonds is 5. The highest BCUT2D eigenvalue weighted by molar-refractivity contribution is 4.97. The lowest BCUT2D eigenvalue weighted by Gasteiger charge is -2.51. The number of likely N-dealkylation sites (tertiary alicyclic amines) is 2. The average Bonchev–Trinajstić information content (AvgIpc) is 2.48. The molecule has 0 aromatic rings. The van der Waals surface area contributed by atoms with Crippen LogP contribution in [0, 0.1) is 11.8 Å². The molecule has 2 N–H and O–H groups in total. The molecule has 0 aliphatic carbocycles. The molecule has 118 valence electrons. The van der Waals surface area contributed by atoms with Gasteiger partial charge in [0.05, 0.1) is 0 Å². The summed E-state index contributed by atoms with van der Waals surface area (Å²) < 4.78 is 0. The van der Waals surface area contributed by atoms with Gasteiger partial charge in [-0.05, 0) is 63.7 Å². The summed E-state index contributed by atoms with van der Waals surface area (Å²) in [5.41, 5.74) is 6.53. The molecule has 2 fully saturated rings. The first-order chi connectivity index (χ1) is 9.59. The van der Waals surface area contributed by atoms with Gasteiger partial charge in [0, 0.05) is 18.6 Å². The van der Waals surface area contributed by atoms with E-state index in [4.69, 9.17) is 5.73 Å². The number of piperidine rings is 2. The van der Waals surface area contributed by atoms with Gasteiger partial charge < -0.3 is 10.6 Å². The van der Waals surface area contributed by atoms with Crippen molar-refractivity contribution in [2.75, 3.05) is 39.3 Å². The van der Waals surface area contributed by atoms with Crippen molar-refractivity contribution in [3.63, 3.8) is 0 Å². The first-order valence-corrected chi connectivity index (χ1v) is 8.77. The molecule has 0 saturated carbocycles. The van der Waals surface area contributed by atoms with Crippen molar-refractivity contribution < 1.29 is 0 Å². The highest BCUT2D eigenvalue weighted by atomic mass is 15.2. The monoisotopic (exact) mass is 281 g/mol. The van der Waals surface area contributed by atoms with Gasteiger partial charge in [0.25, 0.3) is 0 Å². The van der Waals surface area contributed by atoms with Gasteiger partial charge in [-0.2, -0.15) is 0 Å². The maximum absolute atomic E-state index is 6.22. The molecule has 0 spiro atoms. The second kappa shape index (κ2) is 7.24. The highest BCUT2D eigenvalue weighted by Gasteiger charge is 2.39. The first-order valence-electron chi connectivity index (χ1n) is 8.77. The summed E-state index contributed by atoms with van der Waals surface area (Å²) in [5.74, 6) is 1.74. The van der Waals surface area contributed by atoms with E-state index in [9.17, 15) is 0 Å². The molecule has 2 aliphatic rings. The van der Waals surface area contributed by atoms with Crippen LogP contribution in [0.25, 0.3) is 0 Å². The second-order valence-electron chi connectivity index (χ2n) is 7.46. The molecule has 3 nitrogen and oxygen atoms in total. The highest BCUT2D eigenvalue weighted by Crippen LogP contribution is 2.33. The van der Waals surface area contributed by atoms with Crippen molar-refractivity contribution in [2.24, 2.45) is 17.6 Å². The Balaban J connectivity index is 1.88. The number of hydrogen-bond donors (Lipinski definition) is 1. The minimum Gasteiger partial charge on any atom is -0.329 e. The third kappa shape index (κ3) is 3.75. The third-order valence-electron chi connectivity index (χ3n) is 5.65. The van der Waals surface area contributed by atoms with Crippen LogP contribution in [0.4, 0.5) is 0 Å². The van der Waals surface area contributed by atoms with Crippen LogP contribution in [0.1, 0.15) is 52.9 Å². The summed E-state index contributed by atoms with van der Waals surface area (Å²) in [4.78, 5) is 5.38. The van der Waals surface area contributed by atoms with Crippen molar-refractivity contribution in [1.29, 1.82) is 0 Å². The van der Waals surface area contributed by atoms with E-state index in [2.05, 4.69) is 30.6 Å². The molecule has 2 aliphatic heterocycles. The zero-order valence-corrected chi connectivity index (χ0v) is 13.9. The van der Waals surface area contributed by atoms with E-state index in [1.54, 1.807) is 0 Å². The molecular formula is C17H35N3. The van der Waals surface area contributed by atoms with Crippen LogP contribution in [0.15, 0.2) is 0 Å². The van der Waals surface area contributed by atoms with Gasteiger partial charge in [-0.1, -0.05) is 27.2 Å². The molecule has 2 rings (SSSR count). The average molecular weight is 281 g/mol. The predicted molar refractivity (Wildman–Crippen MR) is 86.9 cm³/mol. The van der Waals surface area contributed by atoms with Gasteiger partial charge in [-0.3, -0.25) is 4.90 Å². The first kappa shape index (κ1) is 16.3. The molecule has 0 aromatic carbocycles. The van der Waals surface area contributed by atoms with Crippen molar-refractivity contribution in [3.8, 4) is 0 Å². The molecule has 0 aromatic heterocycles. The van der Waals surface area contributed by atoms with Crippen LogP contribution in [0.2, 0.25) is 0 Å². The third-order valence-corrected chi connectivity index (χ3v) is 5.65. The van der Waals surface area contributed by atoms with Crippen LogP contribution in [-0.2, 0) is 0 Å². The van der Waals surface area contributed by atoms with Gasteiger partial charge in [-0.15, -0.1) is 0 Å². The van der Waals surface area contributed by atoms with E-state index in [-0.39, 0.29) is 0 Å². The Hall–Kier alpha value is -0.120. The van der Waals surface area contributed by atoms with E-state index in [1.165, 1.54) is 64.8 Å². The molecule has 20 heavy (non-hydrogen) atoms. The minimum atomic E-state index is 0.312. The van der Waals surface area contributed by atoms with E-state index in [0.29, 0.717) is 5.54 Å². The maximum atomic E-state index is 6.22. The Labute approximate surface area is 125 Å². The Kier molecular flexibility index (Phi) is 5.88. The van der Waals surface area contributed by atoms with Crippen LogP contribution >= 0.6 is 0 Å². The predicted octanol–water partition coefficient (Wildman–Crippen LogP) is 2.56. The molecular weight excluding hydrogens is 246 g/mol. The molecule has 2 saturated heterocycles. The van der Waals surface area contributed by atoms with E-state index in [0.717, 1.165) is 18.4 Å². The topological polar surface area (TPSA) is 32.5 Å². The molecule has 3 heteroatoms. The summed E-state index contributed by atoms with van der Waals surface area (Å²) in [7, 11) is 0. The zero-order valence-electron chi connectivity index (χ0n) is 13.9. The normalized spacial score (nSPS) is 26.2. The summed E-state index contributed by atoms with van der Waals surface area (Å²) in [6.07, 6.45) is 6.66. The van der Waals surface area contributed by atoms with Gasteiger partial charge >= 0.3 is 0 Å². The molecule has 0 amide bonds. The summed E-state index contributed by atoms with van der Waals surface area (Å²) in [6, 6.07) is 0. The fourth-order valence-electron chi connectivity index (χ4n) is 4.13. The number of nitrogens with zero attached hydrogens (tertiary/aromatic N) is 2. The summed E-state index contributed by atoms with van der Waals surface area (Å²) in [6.45, 7) is 14.1. The van der Waals surface area contributed by atoms with Crippen molar-refractivity contribution in [3.05, 3.63) is 0 Å². The van der Waals surface area contributed by atoms with Crippen LogP contribution in [0.3, 0.4) is 0 Å². The second-order valence-corrected chi connectivity index (χ2v) is 7.46. The quantitative estimate of drug-likeness (QED) is 0.840. The van der Waals surface area contributed by atoms with Gasteiger partial charge in [0.2, 0.25) is 0 Å². The molecule has 0 radical (unpaired) electrons. The Morgan fingerprint density at radius 3 is 2.15 bits per heavy atom. The standard InChI is InChI=1S/C17H35N3/c1-4-16-5-9-20(10-6-16)17(14-18)7-11-19(12-8-17)13-15(2)3/h15-16H,4-14,18H2,1-3H3. The van der Waals surface area contributed by atoms with E-state index in [1.807, 2.05) is 0 Å². The maximum Gasteiger partial charge on any atom is 0.0356 e. The number of nitrogens with two attached hydrogens (primary N) is 1. The smallest absolute Gasteiger partial charge is 0.0356 e. The van der Waals surface area contributed by atoms with Crippen LogP contribution < -0.4 is 5.73 Å². The van der Waals surface area contributed by atoms with E-state index >= 15 is 0 Å². The Morgan fingerprint density at radius 2 is 1.70 bits per heavy atom.